The molecular formula is C22H25NO4. The van der Waals surface area contributed by atoms with E-state index in [1.165, 1.54) is 11.8 Å². The molecule has 0 radical (unpaired) electrons. The zero-order valence-electron chi connectivity index (χ0n) is 16.2. The van der Waals surface area contributed by atoms with Crippen LogP contribution in [-0.4, -0.2) is 28.9 Å². The standard InChI is InChI=1S/C22H25NO4/c1-15(24)20-19-11-10-18(26-17-8-6-5-7-9-17)14-16(19)12-13-23(20)21(25)27-22(2,3)4/h5-11,14,20H,12-13H2,1-4H3. The van der Waals surface area contributed by atoms with E-state index in [9.17, 15) is 9.59 Å². The Balaban J connectivity index is 1.86. The smallest absolute Gasteiger partial charge is 0.411 e. The third kappa shape index (κ3) is 4.48. The second kappa shape index (κ2) is 7.43. The number of ether oxygens (including phenoxy) is 2. The number of carbonyl (C=O) groups is 2. The molecule has 0 saturated heterocycles. The number of nitrogens with zero attached hydrogens (tertiary/aromatic N) is 1. The monoisotopic (exact) mass is 367 g/mol. The summed E-state index contributed by atoms with van der Waals surface area (Å²) in [7, 11) is 0. The van der Waals surface area contributed by atoms with Crippen molar-refractivity contribution in [2.45, 2.75) is 45.8 Å². The lowest BCUT2D eigenvalue weighted by molar-refractivity contribution is -0.122. The molecule has 2 aromatic rings. The molecule has 2 aromatic carbocycles. The van der Waals surface area contributed by atoms with Gasteiger partial charge in [-0.2, -0.15) is 0 Å². The summed E-state index contributed by atoms with van der Waals surface area (Å²) >= 11 is 0. The predicted molar refractivity (Wildman–Crippen MR) is 103 cm³/mol. The molecule has 0 spiro atoms. The van der Waals surface area contributed by atoms with E-state index in [4.69, 9.17) is 9.47 Å². The fourth-order valence-electron chi connectivity index (χ4n) is 3.25. The van der Waals surface area contributed by atoms with E-state index in [0.717, 1.165) is 16.9 Å². The molecule has 0 bridgehead atoms. The average molecular weight is 367 g/mol. The van der Waals surface area contributed by atoms with Crippen LogP contribution in [0.25, 0.3) is 0 Å². The van der Waals surface area contributed by atoms with Crippen LogP contribution in [0.5, 0.6) is 11.5 Å². The molecule has 1 amide bonds. The van der Waals surface area contributed by atoms with Crippen LogP contribution in [-0.2, 0) is 16.0 Å². The second-order valence-electron chi connectivity index (χ2n) is 7.71. The van der Waals surface area contributed by atoms with E-state index < -0.39 is 17.7 Å². The summed E-state index contributed by atoms with van der Waals surface area (Å²) in [6.45, 7) is 7.39. The predicted octanol–water partition coefficient (Wildman–Crippen LogP) is 4.90. The summed E-state index contributed by atoms with van der Waals surface area (Å²) in [5, 5.41) is 0. The van der Waals surface area contributed by atoms with Crippen molar-refractivity contribution in [2.24, 2.45) is 0 Å². The molecule has 1 aliphatic rings. The van der Waals surface area contributed by atoms with Gasteiger partial charge in [-0.1, -0.05) is 24.3 Å². The quantitative estimate of drug-likeness (QED) is 0.774. The molecule has 5 heteroatoms. The summed E-state index contributed by atoms with van der Waals surface area (Å²) in [6.07, 6.45) is 0.183. The van der Waals surface area contributed by atoms with Gasteiger partial charge in [0, 0.05) is 6.54 Å². The summed E-state index contributed by atoms with van der Waals surface area (Å²) in [5.74, 6) is 1.39. The number of hydrogen-bond donors (Lipinski definition) is 0. The number of para-hydroxylation sites is 1. The fourth-order valence-corrected chi connectivity index (χ4v) is 3.25. The molecule has 3 rings (SSSR count). The van der Waals surface area contributed by atoms with Crippen LogP contribution >= 0.6 is 0 Å². The Morgan fingerprint density at radius 1 is 1.04 bits per heavy atom. The molecule has 0 aromatic heterocycles. The Hall–Kier alpha value is -2.82. The Labute approximate surface area is 159 Å². The molecule has 1 atom stereocenters. The van der Waals surface area contributed by atoms with Crippen molar-refractivity contribution in [2.75, 3.05) is 6.54 Å². The maximum Gasteiger partial charge on any atom is 0.411 e. The van der Waals surface area contributed by atoms with Crippen LogP contribution in [0.4, 0.5) is 4.79 Å². The highest BCUT2D eigenvalue weighted by atomic mass is 16.6. The highest BCUT2D eigenvalue weighted by molar-refractivity contribution is 5.87. The van der Waals surface area contributed by atoms with Crippen LogP contribution in [0.3, 0.4) is 0 Å². The molecule has 1 aliphatic heterocycles. The van der Waals surface area contributed by atoms with Gasteiger partial charge in [0.15, 0.2) is 5.78 Å². The molecular weight excluding hydrogens is 342 g/mol. The van der Waals surface area contributed by atoms with Crippen molar-refractivity contribution in [3.63, 3.8) is 0 Å². The minimum atomic E-state index is -0.630. The van der Waals surface area contributed by atoms with Crippen LogP contribution in [0.1, 0.15) is 44.9 Å². The first-order valence-corrected chi connectivity index (χ1v) is 9.10. The summed E-state index contributed by atoms with van der Waals surface area (Å²) in [4.78, 5) is 26.4. The molecule has 0 aliphatic carbocycles. The number of Topliss-reactive ketones (excluding diaryl/α,β-unsaturated/α-hetero) is 1. The van der Waals surface area contributed by atoms with E-state index in [-0.39, 0.29) is 5.78 Å². The molecule has 27 heavy (non-hydrogen) atoms. The largest absolute Gasteiger partial charge is 0.457 e. The molecule has 5 nitrogen and oxygen atoms in total. The summed E-state index contributed by atoms with van der Waals surface area (Å²) in [6, 6.07) is 14.6. The van der Waals surface area contributed by atoms with Gasteiger partial charge < -0.3 is 9.47 Å². The molecule has 0 fully saturated rings. The van der Waals surface area contributed by atoms with Gasteiger partial charge in [0.1, 0.15) is 23.1 Å². The lowest BCUT2D eigenvalue weighted by Crippen LogP contribution is -2.45. The maximum absolute atomic E-state index is 12.6. The third-order valence-electron chi connectivity index (χ3n) is 4.33. The van der Waals surface area contributed by atoms with Gasteiger partial charge in [-0.25, -0.2) is 4.79 Å². The molecule has 1 unspecified atom stereocenters. The van der Waals surface area contributed by atoms with Crippen molar-refractivity contribution in [1.82, 2.24) is 4.90 Å². The van der Waals surface area contributed by atoms with E-state index in [2.05, 4.69) is 0 Å². The first kappa shape index (κ1) is 19.0. The number of fused-ring (bicyclic) bond motifs is 1. The zero-order valence-corrected chi connectivity index (χ0v) is 16.2. The Morgan fingerprint density at radius 3 is 2.37 bits per heavy atom. The third-order valence-corrected chi connectivity index (χ3v) is 4.33. The summed E-state index contributed by atoms with van der Waals surface area (Å²) < 4.78 is 11.4. The zero-order chi connectivity index (χ0) is 19.6. The Kier molecular flexibility index (Phi) is 5.22. The highest BCUT2D eigenvalue weighted by Crippen LogP contribution is 2.35. The van der Waals surface area contributed by atoms with Crippen LogP contribution < -0.4 is 4.74 Å². The maximum atomic E-state index is 12.6. The first-order valence-electron chi connectivity index (χ1n) is 9.10. The lowest BCUT2D eigenvalue weighted by Gasteiger charge is -2.36. The normalized spacial score (nSPS) is 16.4. The number of carbonyl (C=O) groups excluding carboxylic acids is 2. The number of rotatable bonds is 3. The molecule has 0 saturated carbocycles. The van der Waals surface area contributed by atoms with Gasteiger partial charge in [0.25, 0.3) is 0 Å². The topological polar surface area (TPSA) is 55.8 Å². The number of hydrogen-bond acceptors (Lipinski definition) is 4. The highest BCUT2D eigenvalue weighted by Gasteiger charge is 2.36. The van der Waals surface area contributed by atoms with Gasteiger partial charge in [-0.05, 0) is 69.5 Å². The van der Waals surface area contributed by atoms with Crippen molar-refractivity contribution in [3.05, 3.63) is 59.7 Å². The molecule has 0 N–H and O–H groups in total. The van der Waals surface area contributed by atoms with Gasteiger partial charge >= 0.3 is 6.09 Å². The van der Waals surface area contributed by atoms with Crippen molar-refractivity contribution >= 4 is 11.9 Å². The van der Waals surface area contributed by atoms with Gasteiger partial charge in [-0.15, -0.1) is 0 Å². The van der Waals surface area contributed by atoms with Crippen LogP contribution in [0.2, 0.25) is 0 Å². The van der Waals surface area contributed by atoms with Gasteiger partial charge in [0.2, 0.25) is 0 Å². The van der Waals surface area contributed by atoms with E-state index >= 15 is 0 Å². The average Bonchev–Trinajstić information content (AvgIpc) is 2.59. The number of benzene rings is 2. The van der Waals surface area contributed by atoms with Crippen molar-refractivity contribution in [1.29, 1.82) is 0 Å². The molecule has 142 valence electrons. The summed E-state index contributed by atoms with van der Waals surface area (Å²) in [5.41, 5.74) is 1.25. The van der Waals surface area contributed by atoms with Gasteiger partial charge in [-0.3, -0.25) is 9.69 Å². The number of ketones is 1. The number of amides is 1. The van der Waals surface area contributed by atoms with Gasteiger partial charge in [0.05, 0.1) is 0 Å². The SMILES string of the molecule is CC(=O)C1c2ccc(Oc3ccccc3)cc2CCN1C(=O)OC(C)(C)C. The fraction of sp³-hybridized carbons (Fsp3) is 0.364. The van der Waals surface area contributed by atoms with E-state index in [0.29, 0.717) is 18.7 Å². The van der Waals surface area contributed by atoms with Crippen LogP contribution in [0, 0.1) is 0 Å². The van der Waals surface area contributed by atoms with Crippen molar-refractivity contribution < 1.29 is 19.1 Å². The van der Waals surface area contributed by atoms with Crippen molar-refractivity contribution in [3.8, 4) is 11.5 Å². The van der Waals surface area contributed by atoms with E-state index in [1.807, 2.05) is 69.3 Å². The lowest BCUT2D eigenvalue weighted by atomic mass is 9.90. The first-order chi connectivity index (χ1) is 12.7. The molecule has 1 heterocycles. The Bertz CT molecular complexity index is 839. The minimum Gasteiger partial charge on any atom is -0.457 e. The second-order valence-corrected chi connectivity index (χ2v) is 7.71. The minimum absolute atomic E-state index is 0.0847. The van der Waals surface area contributed by atoms with E-state index in [1.54, 1.807) is 0 Å². The van der Waals surface area contributed by atoms with Crippen LogP contribution in [0.15, 0.2) is 48.5 Å². The Morgan fingerprint density at radius 2 is 1.74 bits per heavy atom.